The average molecular weight is 298 g/mol. The van der Waals surface area contributed by atoms with E-state index < -0.39 is 28.9 Å². The highest BCUT2D eigenvalue weighted by molar-refractivity contribution is 5.98. The maximum absolute atomic E-state index is 13.8. The lowest BCUT2D eigenvalue weighted by atomic mass is 10.0. The Hall–Kier alpha value is -2.44. The molecule has 1 aromatic carbocycles. The van der Waals surface area contributed by atoms with Gasteiger partial charge < -0.3 is 5.73 Å². The van der Waals surface area contributed by atoms with Gasteiger partial charge in [-0.1, -0.05) is 12.1 Å². The largest absolute Gasteiger partial charge is 0.419 e. The predicted octanol–water partition coefficient (Wildman–Crippen LogP) is 3.25. The van der Waals surface area contributed by atoms with Gasteiger partial charge in [0.25, 0.3) is 0 Å². The van der Waals surface area contributed by atoms with Gasteiger partial charge in [0, 0.05) is 18.2 Å². The van der Waals surface area contributed by atoms with E-state index in [4.69, 9.17) is 5.73 Å². The molecule has 2 aromatic rings. The molecule has 3 nitrogen and oxygen atoms in total. The van der Waals surface area contributed by atoms with Crippen LogP contribution in [0.4, 0.5) is 23.4 Å². The van der Waals surface area contributed by atoms with Crippen LogP contribution in [0.3, 0.4) is 0 Å². The van der Waals surface area contributed by atoms with Crippen LogP contribution in [-0.2, 0) is 12.6 Å². The van der Waals surface area contributed by atoms with Gasteiger partial charge in [-0.3, -0.25) is 4.79 Å². The fraction of sp³-hybridized carbons (Fsp3) is 0.143. The quantitative estimate of drug-likeness (QED) is 0.699. The topological polar surface area (TPSA) is 56.0 Å². The zero-order chi connectivity index (χ0) is 15.6. The van der Waals surface area contributed by atoms with Crippen LogP contribution in [-0.4, -0.2) is 10.8 Å². The number of nitrogens with two attached hydrogens (primary N) is 1. The highest BCUT2D eigenvalue weighted by atomic mass is 19.4. The normalized spacial score (nSPS) is 11.4. The Balaban J connectivity index is 2.35. The Labute approximate surface area is 117 Å². The zero-order valence-corrected chi connectivity index (χ0v) is 10.6. The summed E-state index contributed by atoms with van der Waals surface area (Å²) in [5, 5.41) is 0. The van der Waals surface area contributed by atoms with E-state index in [1.807, 2.05) is 0 Å². The monoisotopic (exact) mass is 298 g/mol. The zero-order valence-electron chi connectivity index (χ0n) is 10.6. The number of nitrogens with zero attached hydrogens (tertiary/aromatic N) is 1. The summed E-state index contributed by atoms with van der Waals surface area (Å²) in [5.41, 5.74) is 3.80. The molecule has 7 heteroatoms. The van der Waals surface area contributed by atoms with Crippen LogP contribution in [0.1, 0.15) is 21.5 Å². The van der Waals surface area contributed by atoms with Gasteiger partial charge in [0.05, 0.1) is 11.1 Å². The van der Waals surface area contributed by atoms with Crippen molar-refractivity contribution in [2.75, 3.05) is 5.73 Å². The van der Waals surface area contributed by atoms with Crippen LogP contribution in [0.2, 0.25) is 0 Å². The van der Waals surface area contributed by atoms with Crippen LogP contribution >= 0.6 is 0 Å². The summed E-state index contributed by atoms with van der Waals surface area (Å²) in [5.74, 6) is -2.28. The van der Waals surface area contributed by atoms with Gasteiger partial charge in [-0.15, -0.1) is 0 Å². The number of carbonyl (C=O) groups is 1. The van der Waals surface area contributed by atoms with Crippen LogP contribution < -0.4 is 5.73 Å². The molecular weight excluding hydrogens is 288 g/mol. The lowest BCUT2D eigenvalue weighted by Crippen LogP contribution is -2.14. The average Bonchev–Trinajstić information content (AvgIpc) is 2.40. The van der Waals surface area contributed by atoms with Crippen molar-refractivity contribution in [3.05, 3.63) is 59.0 Å². The first-order chi connectivity index (χ1) is 9.80. The van der Waals surface area contributed by atoms with E-state index in [-0.39, 0.29) is 12.2 Å². The molecule has 110 valence electrons. The number of aromatic nitrogens is 1. The minimum absolute atomic E-state index is 0.0817. The minimum atomic E-state index is -4.85. The molecule has 0 atom stereocenters. The highest BCUT2D eigenvalue weighted by Gasteiger charge is 2.35. The second-order valence-corrected chi connectivity index (χ2v) is 4.31. The number of rotatable bonds is 3. The van der Waals surface area contributed by atoms with Gasteiger partial charge in [0.2, 0.25) is 0 Å². The van der Waals surface area contributed by atoms with E-state index in [1.165, 1.54) is 18.3 Å². The van der Waals surface area contributed by atoms with Crippen molar-refractivity contribution in [2.24, 2.45) is 0 Å². The van der Waals surface area contributed by atoms with Crippen molar-refractivity contribution in [3.8, 4) is 0 Å². The second kappa shape index (κ2) is 5.51. The Morgan fingerprint density at radius 3 is 2.52 bits per heavy atom. The van der Waals surface area contributed by atoms with Crippen molar-refractivity contribution >= 4 is 11.6 Å². The minimum Gasteiger partial charge on any atom is -0.383 e. The van der Waals surface area contributed by atoms with E-state index >= 15 is 0 Å². The molecule has 2 N–H and O–H groups in total. The smallest absolute Gasteiger partial charge is 0.383 e. The number of pyridine rings is 1. The third-order valence-electron chi connectivity index (χ3n) is 2.88. The number of carbonyl (C=O) groups excluding carboxylic acids is 1. The van der Waals surface area contributed by atoms with Gasteiger partial charge in [0.15, 0.2) is 5.78 Å². The number of benzene rings is 1. The number of nitrogen functional groups attached to an aromatic ring is 1. The number of halogens is 4. The summed E-state index contributed by atoms with van der Waals surface area (Å²) in [6.07, 6.45) is -3.76. The fourth-order valence-corrected chi connectivity index (χ4v) is 1.83. The van der Waals surface area contributed by atoms with Crippen molar-refractivity contribution in [1.82, 2.24) is 4.98 Å². The van der Waals surface area contributed by atoms with Crippen molar-refractivity contribution in [1.29, 1.82) is 0 Å². The van der Waals surface area contributed by atoms with Crippen LogP contribution in [0.5, 0.6) is 0 Å². The van der Waals surface area contributed by atoms with Gasteiger partial charge in [0.1, 0.15) is 11.6 Å². The molecule has 0 bridgehead atoms. The molecular formula is C14H10F4N2O. The molecule has 2 rings (SSSR count). The molecule has 0 saturated heterocycles. The van der Waals surface area contributed by atoms with E-state index in [2.05, 4.69) is 4.98 Å². The highest BCUT2D eigenvalue weighted by Crippen LogP contribution is 2.32. The summed E-state index contributed by atoms with van der Waals surface area (Å²) >= 11 is 0. The Morgan fingerprint density at radius 1 is 1.19 bits per heavy atom. The van der Waals surface area contributed by atoms with Gasteiger partial charge in [-0.25, -0.2) is 9.37 Å². The van der Waals surface area contributed by atoms with E-state index in [9.17, 15) is 22.4 Å². The lowest BCUT2D eigenvalue weighted by molar-refractivity contribution is -0.140. The van der Waals surface area contributed by atoms with Crippen molar-refractivity contribution in [2.45, 2.75) is 12.6 Å². The number of hydrogen-bond donors (Lipinski definition) is 1. The summed E-state index contributed by atoms with van der Waals surface area (Å²) in [6, 6.07) is 5.63. The van der Waals surface area contributed by atoms with E-state index in [0.29, 0.717) is 11.6 Å². The third kappa shape index (κ3) is 3.18. The number of hydrogen-bond acceptors (Lipinski definition) is 3. The Kier molecular flexibility index (Phi) is 3.93. The molecule has 0 aliphatic carbocycles. The first-order valence-corrected chi connectivity index (χ1v) is 5.89. The fourth-order valence-electron chi connectivity index (χ4n) is 1.83. The number of Topliss-reactive ketones (excluding diaryl/α,β-unsaturated/α-hetero) is 1. The first kappa shape index (κ1) is 15.0. The maximum Gasteiger partial charge on any atom is 0.419 e. The molecule has 0 amide bonds. The molecule has 0 saturated carbocycles. The van der Waals surface area contributed by atoms with Crippen molar-refractivity contribution < 1.29 is 22.4 Å². The molecule has 0 spiro atoms. The Bertz CT molecular complexity index is 683. The molecule has 21 heavy (non-hydrogen) atoms. The van der Waals surface area contributed by atoms with Crippen molar-refractivity contribution in [3.63, 3.8) is 0 Å². The standard InChI is InChI=1S/C14H10F4N2O/c15-12-9(4-1-5-10(12)14(16,17)18)11(21)7-8-3-2-6-20-13(8)19/h1-6H,7H2,(H2,19,20). The molecule has 0 fully saturated rings. The summed E-state index contributed by atoms with van der Waals surface area (Å²) in [4.78, 5) is 15.7. The maximum atomic E-state index is 13.8. The Morgan fingerprint density at radius 2 is 1.90 bits per heavy atom. The third-order valence-corrected chi connectivity index (χ3v) is 2.88. The molecule has 0 aliphatic heterocycles. The predicted molar refractivity (Wildman–Crippen MR) is 68.1 cm³/mol. The molecule has 0 aliphatic rings. The number of anilines is 1. The lowest BCUT2D eigenvalue weighted by Gasteiger charge is -2.11. The molecule has 0 unspecified atom stereocenters. The summed E-state index contributed by atoms with van der Waals surface area (Å²) in [6.45, 7) is 0. The first-order valence-electron chi connectivity index (χ1n) is 5.89. The molecule has 1 heterocycles. The molecule has 0 radical (unpaired) electrons. The van der Waals surface area contributed by atoms with Gasteiger partial charge in [-0.2, -0.15) is 13.2 Å². The van der Waals surface area contributed by atoms with Gasteiger partial charge in [-0.05, 0) is 18.2 Å². The SMILES string of the molecule is Nc1ncccc1CC(=O)c1cccc(C(F)(F)F)c1F. The summed E-state index contributed by atoms with van der Waals surface area (Å²) < 4.78 is 51.6. The second-order valence-electron chi connectivity index (χ2n) is 4.31. The van der Waals surface area contributed by atoms with E-state index in [1.54, 1.807) is 0 Å². The summed E-state index contributed by atoms with van der Waals surface area (Å²) in [7, 11) is 0. The number of alkyl halides is 3. The van der Waals surface area contributed by atoms with Gasteiger partial charge >= 0.3 is 6.18 Å². The molecule has 1 aromatic heterocycles. The van der Waals surface area contributed by atoms with Crippen LogP contribution in [0, 0.1) is 5.82 Å². The van der Waals surface area contributed by atoms with Crippen LogP contribution in [0.25, 0.3) is 0 Å². The van der Waals surface area contributed by atoms with E-state index in [0.717, 1.165) is 12.1 Å². The van der Waals surface area contributed by atoms with Crippen LogP contribution in [0.15, 0.2) is 36.5 Å². The number of ketones is 1.